The highest BCUT2D eigenvalue weighted by Gasteiger charge is 2.27. The van der Waals surface area contributed by atoms with Crippen molar-refractivity contribution in [2.24, 2.45) is 0 Å². The Hall–Kier alpha value is -0.820. The molecular weight excluding hydrogens is 417 g/mol. The van der Waals surface area contributed by atoms with Gasteiger partial charge in [-0.1, -0.05) is 50.8 Å². The Bertz CT molecular complexity index is 517. The zero-order valence-electron chi connectivity index (χ0n) is 14.3. The van der Waals surface area contributed by atoms with Crippen molar-refractivity contribution in [1.82, 2.24) is 5.32 Å². The minimum atomic E-state index is -0.790. The van der Waals surface area contributed by atoms with Gasteiger partial charge in [0.05, 0.1) is 0 Å². The van der Waals surface area contributed by atoms with Gasteiger partial charge in [-0.2, -0.15) is 0 Å². The van der Waals surface area contributed by atoms with Crippen LogP contribution in [0.25, 0.3) is 0 Å². The Balaban J connectivity index is 1.98. The van der Waals surface area contributed by atoms with E-state index < -0.39 is 18.3 Å². The van der Waals surface area contributed by atoms with Crippen molar-refractivity contribution in [3.05, 3.63) is 33.4 Å². The monoisotopic (exact) mass is 445 g/mol. The summed E-state index contributed by atoms with van der Waals surface area (Å²) in [6, 6.07) is 7.91. The summed E-state index contributed by atoms with van der Waals surface area (Å²) in [7, 11) is 0. The topological polar surface area (TPSA) is 58.6 Å². The summed E-state index contributed by atoms with van der Waals surface area (Å²) in [5, 5.41) is 13.7. The molecular formula is C19H28INO3. The van der Waals surface area contributed by atoms with Crippen molar-refractivity contribution in [2.45, 2.75) is 76.5 Å². The van der Waals surface area contributed by atoms with Crippen LogP contribution < -0.4 is 5.32 Å². The molecule has 1 aromatic rings. The third kappa shape index (κ3) is 5.92. The van der Waals surface area contributed by atoms with Crippen LogP contribution in [0.15, 0.2) is 24.3 Å². The van der Waals surface area contributed by atoms with Gasteiger partial charge in [-0.15, -0.1) is 0 Å². The summed E-state index contributed by atoms with van der Waals surface area (Å²) in [6.07, 6.45) is 6.51. The van der Waals surface area contributed by atoms with Gasteiger partial charge in [-0.25, -0.2) is 4.79 Å². The van der Waals surface area contributed by atoms with Crippen LogP contribution in [0.2, 0.25) is 0 Å². The fourth-order valence-corrected chi connectivity index (χ4v) is 3.89. The Labute approximate surface area is 158 Å². The van der Waals surface area contributed by atoms with Crippen LogP contribution in [0, 0.1) is 3.57 Å². The average molecular weight is 445 g/mol. The summed E-state index contributed by atoms with van der Waals surface area (Å²) in [4.78, 5) is 12.3. The minimum Gasteiger partial charge on any atom is -0.443 e. The number of hydrogen-bond donors (Lipinski definition) is 2. The van der Waals surface area contributed by atoms with Crippen LogP contribution >= 0.6 is 22.6 Å². The molecule has 0 aliphatic heterocycles. The Morgan fingerprint density at radius 1 is 1.33 bits per heavy atom. The molecule has 24 heavy (non-hydrogen) atoms. The third-order valence-electron chi connectivity index (χ3n) is 4.60. The first-order valence-corrected chi connectivity index (χ1v) is 10.1. The lowest BCUT2D eigenvalue weighted by Crippen LogP contribution is -2.39. The summed E-state index contributed by atoms with van der Waals surface area (Å²) >= 11 is 2.21. The van der Waals surface area contributed by atoms with Gasteiger partial charge in [0.1, 0.15) is 12.2 Å². The highest BCUT2D eigenvalue weighted by atomic mass is 127. The second kappa shape index (κ2) is 10.2. The number of carbonyl (C=O) groups is 1. The van der Waals surface area contributed by atoms with E-state index in [4.69, 9.17) is 4.74 Å². The van der Waals surface area contributed by atoms with Crippen LogP contribution in [0.5, 0.6) is 0 Å². The highest BCUT2D eigenvalue weighted by Crippen LogP contribution is 2.27. The largest absolute Gasteiger partial charge is 0.443 e. The zero-order valence-corrected chi connectivity index (χ0v) is 16.5. The first-order valence-electron chi connectivity index (χ1n) is 9.01. The predicted molar refractivity (Wildman–Crippen MR) is 104 cm³/mol. The summed E-state index contributed by atoms with van der Waals surface area (Å²) in [6.45, 7) is 2.10. The zero-order chi connectivity index (χ0) is 17.4. The van der Waals surface area contributed by atoms with Crippen molar-refractivity contribution in [2.75, 3.05) is 0 Å². The van der Waals surface area contributed by atoms with Crippen molar-refractivity contribution in [3.8, 4) is 0 Å². The molecule has 2 atom stereocenters. The number of ether oxygens (including phenoxy) is 1. The molecule has 0 spiro atoms. The smallest absolute Gasteiger partial charge is 0.407 e. The standard InChI is InChI=1S/C19H28INO3/c1-2-3-13-17(18(22)15-11-7-8-12-16(15)20)24-19(23)21-14-9-5-4-6-10-14/h7-8,11-12,14,17-18,22H,2-6,9-10,13H2,1H3,(H,21,23)/t17-,18-/m0/s1. The maximum atomic E-state index is 12.3. The molecule has 1 fully saturated rings. The number of nitrogens with one attached hydrogen (secondary N) is 1. The summed E-state index contributed by atoms with van der Waals surface area (Å²) in [5.41, 5.74) is 0.824. The molecule has 0 radical (unpaired) electrons. The number of aliphatic hydroxyl groups is 1. The first kappa shape index (κ1) is 19.5. The molecule has 1 aromatic carbocycles. The molecule has 0 bridgehead atoms. The van der Waals surface area contributed by atoms with E-state index in [-0.39, 0.29) is 6.04 Å². The van der Waals surface area contributed by atoms with Gasteiger partial charge in [0.2, 0.25) is 0 Å². The Morgan fingerprint density at radius 3 is 2.71 bits per heavy atom. The molecule has 4 nitrogen and oxygen atoms in total. The Kier molecular flexibility index (Phi) is 8.32. The van der Waals surface area contributed by atoms with Crippen LogP contribution in [-0.4, -0.2) is 23.3 Å². The van der Waals surface area contributed by atoms with Crippen LogP contribution in [0.4, 0.5) is 4.79 Å². The second-order valence-corrected chi connectivity index (χ2v) is 7.69. The van der Waals surface area contributed by atoms with Gasteiger partial charge in [-0.3, -0.25) is 0 Å². The highest BCUT2D eigenvalue weighted by molar-refractivity contribution is 14.1. The number of amides is 1. The lowest BCUT2D eigenvalue weighted by Gasteiger charge is -2.27. The van der Waals surface area contributed by atoms with Crippen LogP contribution in [0.3, 0.4) is 0 Å². The maximum absolute atomic E-state index is 12.3. The number of carbonyl (C=O) groups excluding carboxylic acids is 1. The van der Waals surface area contributed by atoms with E-state index in [1.54, 1.807) is 0 Å². The SMILES string of the molecule is CCCC[C@H](OC(=O)NC1CCCCC1)[C@@H](O)c1ccccc1I. The van der Waals surface area contributed by atoms with E-state index in [1.807, 2.05) is 24.3 Å². The van der Waals surface area contributed by atoms with Crippen molar-refractivity contribution >= 4 is 28.7 Å². The molecule has 1 aliphatic carbocycles. The quantitative estimate of drug-likeness (QED) is 0.585. The maximum Gasteiger partial charge on any atom is 0.407 e. The second-order valence-electron chi connectivity index (χ2n) is 6.53. The van der Waals surface area contributed by atoms with Gasteiger partial charge in [0.25, 0.3) is 0 Å². The lowest BCUT2D eigenvalue weighted by atomic mass is 9.96. The first-order chi connectivity index (χ1) is 11.6. The number of benzene rings is 1. The fourth-order valence-electron chi connectivity index (χ4n) is 3.19. The lowest BCUT2D eigenvalue weighted by molar-refractivity contribution is -0.00568. The molecule has 0 aromatic heterocycles. The number of hydrogen-bond acceptors (Lipinski definition) is 3. The van der Waals surface area contributed by atoms with Gasteiger partial charge < -0.3 is 15.2 Å². The van der Waals surface area contributed by atoms with Crippen molar-refractivity contribution in [1.29, 1.82) is 0 Å². The number of aliphatic hydroxyl groups excluding tert-OH is 1. The van der Waals surface area contributed by atoms with E-state index in [1.165, 1.54) is 6.42 Å². The van der Waals surface area contributed by atoms with Crippen molar-refractivity contribution < 1.29 is 14.6 Å². The predicted octanol–water partition coefficient (Wildman–Crippen LogP) is 4.94. The third-order valence-corrected chi connectivity index (χ3v) is 5.59. The molecule has 0 saturated heterocycles. The summed E-state index contributed by atoms with van der Waals surface area (Å²) in [5.74, 6) is 0. The van der Waals surface area contributed by atoms with Crippen molar-refractivity contribution in [3.63, 3.8) is 0 Å². The number of alkyl carbamates (subject to hydrolysis) is 1. The van der Waals surface area contributed by atoms with Gasteiger partial charge in [-0.05, 0) is 59.9 Å². The van der Waals surface area contributed by atoms with Gasteiger partial charge in [0, 0.05) is 9.61 Å². The normalized spacial score (nSPS) is 18.0. The molecule has 2 rings (SSSR count). The fraction of sp³-hybridized carbons (Fsp3) is 0.632. The number of halogens is 1. The molecule has 1 aliphatic rings. The van der Waals surface area contributed by atoms with E-state index in [9.17, 15) is 9.90 Å². The summed E-state index contributed by atoms with van der Waals surface area (Å²) < 4.78 is 6.61. The molecule has 2 N–H and O–H groups in total. The minimum absolute atomic E-state index is 0.215. The molecule has 134 valence electrons. The molecule has 0 heterocycles. The van der Waals surface area contributed by atoms with Crippen LogP contribution in [0.1, 0.15) is 70.0 Å². The van der Waals surface area contributed by atoms with Gasteiger partial charge in [0.15, 0.2) is 0 Å². The molecule has 0 unspecified atom stereocenters. The van der Waals surface area contributed by atoms with Crippen LogP contribution in [-0.2, 0) is 4.74 Å². The molecule has 1 amide bonds. The van der Waals surface area contributed by atoms with E-state index >= 15 is 0 Å². The average Bonchev–Trinajstić information content (AvgIpc) is 2.59. The number of unbranched alkanes of at least 4 members (excludes halogenated alkanes) is 1. The van der Waals surface area contributed by atoms with Gasteiger partial charge >= 0.3 is 6.09 Å². The van der Waals surface area contributed by atoms with E-state index in [0.29, 0.717) is 6.42 Å². The van der Waals surface area contributed by atoms with E-state index in [2.05, 4.69) is 34.8 Å². The molecule has 1 saturated carbocycles. The number of rotatable bonds is 7. The molecule has 5 heteroatoms. The Morgan fingerprint density at radius 2 is 2.04 bits per heavy atom. The van der Waals surface area contributed by atoms with E-state index in [0.717, 1.165) is 47.7 Å².